The van der Waals surface area contributed by atoms with Crippen LogP contribution in [0.4, 0.5) is 5.69 Å². The third-order valence-corrected chi connectivity index (χ3v) is 6.44. The Balaban J connectivity index is 1.51. The number of hydrogen-bond donors (Lipinski definition) is 3. The zero-order valence-corrected chi connectivity index (χ0v) is 21.0. The van der Waals surface area contributed by atoms with Gasteiger partial charge in [-0.25, -0.2) is 4.79 Å². The zero-order chi connectivity index (χ0) is 25.5. The molecule has 2 heterocycles. The van der Waals surface area contributed by atoms with Crippen LogP contribution in [0.25, 0.3) is 5.69 Å². The van der Waals surface area contributed by atoms with Crippen molar-refractivity contribution in [2.45, 2.75) is 44.7 Å². The van der Waals surface area contributed by atoms with Crippen LogP contribution in [0.3, 0.4) is 0 Å². The fourth-order valence-electron chi connectivity index (χ4n) is 3.78. The Bertz CT molecular complexity index is 1430. The minimum Gasteiger partial charge on any atom is -0.325 e. The highest BCUT2D eigenvalue weighted by Crippen LogP contribution is 2.24. The van der Waals surface area contributed by atoms with Crippen molar-refractivity contribution in [2.75, 3.05) is 11.1 Å². The average Bonchev–Trinajstić information content (AvgIpc) is 3.24. The van der Waals surface area contributed by atoms with Gasteiger partial charge in [0.25, 0.3) is 5.56 Å². The number of nitrogens with zero attached hydrogens (tertiary/aromatic N) is 3. The molecule has 0 radical (unpaired) electrons. The van der Waals surface area contributed by atoms with Crippen molar-refractivity contribution in [3.8, 4) is 5.69 Å². The Labute approximate surface area is 212 Å². The van der Waals surface area contributed by atoms with E-state index in [1.165, 1.54) is 23.4 Å². The largest absolute Gasteiger partial charge is 0.325 e. The molecular formula is C26H28N6O3S. The van der Waals surface area contributed by atoms with Gasteiger partial charge in [0.15, 0.2) is 5.16 Å². The van der Waals surface area contributed by atoms with Crippen LogP contribution in [0.2, 0.25) is 0 Å². The van der Waals surface area contributed by atoms with E-state index in [1.807, 2.05) is 60.0 Å². The van der Waals surface area contributed by atoms with Crippen LogP contribution < -0.4 is 16.6 Å². The summed E-state index contributed by atoms with van der Waals surface area (Å²) in [6, 6.07) is 17.1. The number of aromatic nitrogens is 5. The van der Waals surface area contributed by atoms with Gasteiger partial charge in [-0.1, -0.05) is 49.4 Å². The van der Waals surface area contributed by atoms with Gasteiger partial charge in [0.05, 0.1) is 5.75 Å². The maximum atomic E-state index is 12.7. The SMILES string of the molecule is CCCCc1ccc(NC(=O)CSc2nnc(Cc3cc(=O)[nH]c(=O)[nH]3)n2-c2cccc(C)c2)cc1. The van der Waals surface area contributed by atoms with E-state index in [9.17, 15) is 14.4 Å². The summed E-state index contributed by atoms with van der Waals surface area (Å²) in [6.45, 7) is 4.15. The van der Waals surface area contributed by atoms with E-state index in [1.54, 1.807) is 0 Å². The van der Waals surface area contributed by atoms with Crippen molar-refractivity contribution in [3.05, 3.63) is 98.1 Å². The number of nitrogens with one attached hydrogen (secondary N) is 3. The summed E-state index contributed by atoms with van der Waals surface area (Å²) < 4.78 is 1.84. The molecule has 4 aromatic rings. The third-order valence-electron chi connectivity index (χ3n) is 5.51. The number of rotatable bonds is 10. The van der Waals surface area contributed by atoms with Crippen LogP contribution >= 0.6 is 11.8 Å². The maximum absolute atomic E-state index is 12.7. The number of thioether (sulfide) groups is 1. The molecule has 4 rings (SSSR count). The lowest BCUT2D eigenvalue weighted by molar-refractivity contribution is -0.113. The number of carbonyl (C=O) groups excluding carboxylic acids is 1. The third kappa shape index (κ3) is 6.60. The quantitative estimate of drug-likeness (QED) is 0.283. The number of anilines is 1. The van der Waals surface area contributed by atoms with E-state index in [0.29, 0.717) is 16.7 Å². The summed E-state index contributed by atoms with van der Waals surface area (Å²) in [6.07, 6.45) is 3.51. The Kier molecular flexibility index (Phi) is 8.17. The molecule has 0 atom stereocenters. The number of unbranched alkanes of at least 4 members (excludes halogenated alkanes) is 1. The second-order valence-corrected chi connectivity index (χ2v) is 9.44. The average molecular weight is 505 g/mol. The fraction of sp³-hybridized carbons (Fsp3) is 0.269. The highest BCUT2D eigenvalue weighted by molar-refractivity contribution is 7.99. The summed E-state index contributed by atoms with van der Waals surface area (Å²) in [4.78, 5) is 40.9. The summed E-state index contributed by atoms with van der Waals surface area (Å²) >= 11 is 1.26. The number of benzene rings is 2. The van der Waals surface area contributed by atoms with Gasteiger partial charge in [-0.15, -0.1) is 10.2 Å². The molecule has 0 aliphatic carbocycles. The predicted octanol–water partition coefficient (Wildman–Crippen LogP) is 3.62. The molecule has 2 aromatic carbocycles. The number of carbonyl (C=O) groups is 1. The normalized spacial score (nSPS) is 10.9. The highest BCUT2D eigenvalue weighted by atomic mass is 32.2. The molecule has 3 N–H and O–H groups in total. The van der Waals surface area contributed by atoms with Gasteiger partial charge in [0.1, 0.15) is 5.82 Å². The van der Waals surface area contributed by atoms with Crippen LogP contribution in [0.15, 0.2) is 69.3 Å². The highest BCUT2D eigenvalue weighted by Gasteiger charge is 2.17. The monoisotopic (exact) mass is 504 g/mol. The molecule has 1 amide bonds. The van der Waals surface area contributed by atoms with Crippen molar-refractivity contribution in [1.29, 1.82) is 0 Å². The number of aryl methyl sites for hydroxylation is 2. The van der Waals surface area contributed by atoms with Crippen LogP contribution in [-0.2, 0) is 17.6 Å². The first-order valence-corrected chi connectivity index (χ1v) is 12.8. The molecule has 0 saturated carbocycles. The first-order valence-electron chi connectivity index (χ1n) is 11.8. The lowest BCUT2D eigenvalue weighted by Crippen LogP contribution is -2.23. The molecule has 0 aliphatic heterocycles. The molecule has 0 bridgehead atoms. The second kappa shape index (κ2) is 11.7. The minimum atomic E-state index is -0.580. The zero-order valence-electron chi connectivity index (χ0n) is 20.2. The topological polar surface area (TPSA) is 126 Å². The van der Waals surface area contributed by atoms with Gasteiger partial charge >= 0.3 is 5.69 Å². The first-order chi connectivity index (χ1) is 17.4. The Morgan fingerprint density at radius 1 is 1.06 bits per heavy atom. The van der Waals surface area contributed by atoms with E-state index < -0.39 is 11.2 Å². The van der Waals surface area contributed by atoms with E-state index in [2.05, 4.69) is 32.4 Å². The van der Waals surface area contributed by atoms with Gasteiger partial charge in [-0.2, -0.15) is 0 Å². The smallest absolute Gasteiger partial charge is 0.325 e. The molecule has 0 aliphatic rings. The Morgan fingerprint density at radius 2 is 1.86 bits per heavy atom. The Morgan fingerprint density at radius 3 is 2.58 bits per heavy atom. The Hall–Kier alpha value is -3.92. The van der Waals surface area contributed by atoms with Gasteiger partial charge in [0.2, 0.25) is 5.91 Å². The lowest BCUT2D eigenvalue weighted by Gasteiger charge is -2.11. The number of hydrogen-bond acceptors (Lipinski definition) is 6. The molecule has 0 saturated heterocycles. The van der Waals surface area contributed by atoms with Crippen LogP contribution in [-0.4, -0.2) is 36.4 Å². The second-order valence-electron chi connectivity index (χ2n) is 8.50. The maximum Gasteiger partial charge on any atom is 0.325 e. The summed E-state index contributed by atoms with van der Waals surface area (Å²) in [5.74, 6) is 0.525. The number of H-pyrrole nitrogens is 2. The van der Waals surface area contributed by atoms with Crippen molar-refractivity contribution >= 4 is 23.4 Å². The van der Waals surface area contributed by atoms with Crippen molar-refractivity contribution in [2.24, 2.45) is 0 Å². The molecule has 36 heavy (non-hydrogen) atoms. The lowest BCUT2D eigenvalue weighted by atomic mass is 10.1. The first kappa shape index (κ1) is 25.2. The van der Waals surface area contributed by atoms with Crippen LogP contribution in [0, 0.1) is 6.92 Å². The molecule has 10 heteroatoms. The number of aromatic amines is 2. The van der Waals surface area contributed by atoms with E-state index >= 15 is 0 Å². The molecule has 0 unspecified atom stereocenters. The van der Waals surface area contributed by atoms with E-state index in [0.717, 1.165) is 36.2 Å². The van der Waals surface area contributed by atoms with Gasteiger partial charge in [-0.05, 0) is 55.2 Å². The van der Waals surface area contributed by atoms with Crippen molar-refractivity contribution < 1.29 is 4.79 Å². The van der Waals surface area contributed by atoms with E-state index in [4.69, 9.17) is 0 Å². The molecule has 2 aromatic heterocycles. The van der Waals surface area contributed by atoms with Crippen LogP contribution in [0.5, 0.6) is 0 Å². The van der Waals surface area contributed by atoms with Crippen LogP contribution in [0.1, 0.15) is 42.4 Å². The fourth-order valence-corrected chi connectivity index (χ4v) is 4.55. The minimum absolute atomic E-state index is 0.142. The van der Waals surface area contributed by atoms with Crippen molar-refractivity contribution in [3.63, 3.8) is 0 Å². The van der Waals surface area contributed by atoms with Gasteiger partial charge in [-0.3, -0.25) is 19.1 Å². The van der Waals surface area contributed by atoms with Crippen molar-refractivity contribution in [1.82, 2.24) is 24.7 Å². The predicted molar refractivity (Wildman–Crippen MR) is 141 cm³/mol. The van der Waals surface area contributed by atoms with Gasteiger partial charge < -0.3 is 10.3 Å². The molecule has 0 fully saturated rings. The summed E-state index contributed by atoms with van der Waals surface area (Å²) in [5, 5.41) is 12.1. The van der Waals surface area contributed by atoms with E-state index in [-0.39, 0.29) is 18.1 Å². The summed E-state index contributed by atoms with van der Waals surface area (Å²) in [7, 11) is 0. The summed E-state index contributed by atoms with van der Waals surface area (Å²) in [5.41, 5.74) is 3.23. The number of amides is 1. The molecule has 9 nitrogen and oxygen atoms in total. The standard InChI is InChI=1S/C26H28N6O3S/c1-3-4-7-18-9-11-19(12-10-18)27-24(34)16-36-26-31-30-22(14-20-15-23(33)29-25(35)28-20)32(26)21-8-5-6-17(2)13-21/h5-6,8-13,15H,3-4,7,14,16H2,1-2H3,(H,27,34)(H2,28,29,33,35). The van der Waals surface area contributed by atoms with Gasteiger partial charge in [0, 0.05) is 29.6 Å². The molecule has 186 valence electrons. The molecular weight excluding hydrogens is 476 g/mol. The molecule has 0 spiro atoms.